The largest absolute Gasteiger partial charge is 0.481 e. The number of carboxylic acids is 2. The first-order valence-electron chi connectivity index (χ1n) is 6.76. The Labute approximate surface area is 117 Å². The molecular formula is C13H21NO6. The molecular weight excluding hydrogens is 266 g/mol. The molecule has 0 bridgehead atoms. The lowest BCUT2D eigenvalue weighted by atomic mass is 10.1. The van der Waals surface area contributed by atoms with Crippen LogP contribution < -0.4 is 0 Å². The molecule has 0 aromatic heterocycles. The van der Waals surface area contributed by atoms with E-state index in [0.717, 1.165) is 6.42 Å². The van der Waals surface area contributed by atoms with Gasteiger partial charge in [0.1, 0.15) is 6.10 Å². The van der Waals surface area contributed by atoms with Gasteiger partial charge in [0.15, 0.2) is 0 Å². The highest BCUT2D eigenvalue weighted by Gasteiger charge is 2.29. The van der Waals surface area contributed by atoms with Crippen molar-refractivity contribution in [3.05, 3.63) is 0 Å². The van der Waals surface area contributed by atoms with Crippen molar-refractivity contribution in [1.82, 2.24) is 4.90 Å². The molecule has 0 aliphatic carbocycles. The number of carboxylic acid groups (broad SMARTS) is 2. The molecule has 7 heteroatoms. The fourth-order valence-electron chi connectivity index (χ4n) is 2.10. The third-order valence-corrected chi connectivity index (χ3v) is 3.25. The number of rotatable bonds is 8. The molecule has 0 saturated carbocycles. The second kappa shape index (κ2) is 7.84. The van der Waals surface area contributed by atoms with Crippen LogP contribution in [0.25, 0.3) is 0 Å². The summed E-state index contributed by atoms with van der Waals surface area (Å²) in [6, 6.07) is 0. The maximum absolute atomic E-state index is 12.2. The number of carbonyl (C=O) groups is 3. The lowest BCUT2D eigenvalue weighted by molar-refractivity contribution is -0.147. The van der Waals surface area contributed by atoms with Gasteiger partial charge in [0.05, 0.1) is 5.92 Å². The zero-order chi connectivity index (χ0) is 15.1. The molecule has 1 amide bonds. The van der Waals surface area contributed by atoms with Gasteiger partial charge in [-0.25, -0.2) is 0 Å². The lowest BCUT2D eigenvalue weighted by Gasteiger charge is -2.26. The number of hydrogen-bond donors (Lipinski definition) is 2. The molecule has 1 aliphatic rings. The van der Waals surface area contributed by atoms with Gasteiger partial charge in [0, 0.05) is 26.1 Å². The van der Waals surface area contributed by atoms with Gasteiger partial charge in [0.25, 0.3) is 5.91 Å². The topological polar surface area (TPSA) is 104 Å². The predicted octanol–water partition coefficient (Wildman–Crippen LogP) is 0.580. The van der Waals surface area contributed by atoms with Crippen molar-refractivity contribution in [3.8, 4) is 0 Å². The van der Waals surface area contributed by atoms with Crippen LogP contribution in [-0.2, 0) is 19.1 Å². The van der Waals surface area contributed by atoms with E-state index in [1.807, 2.05) is 0 Å². The van der Waals surface area contributed by atoms with Crippen molar-refractivity contribution in [2.75, 3.05) is 19.7 Å². The molecule has 0 radical (unpaired) electrons. The molecule has 1 heterocycles. The summed E-state index contributed by atoms with van der Waals surface area (Å²) >= 11 is 0. The van der Waals surface area contributed by atoms with Crippen molar-refractivity contribution in [2.45, 2.75) is 38.7 Å². The summed E-state index contributed by atoms with van der Waals surface area (Å²) in [5.74, 6) is -2.83. The molecule has 0 spiro atoms. The summed E-state index contributed by atoms with van der Waals surface area (Å²) in [6.07, 6.45) is 1.20. The summed E-state index contributed by atoms with van der Waals surface area (Å²) < 4.78 is 5.31. The first-order chi connectivity index (χ1) is 9.41. The van der Waals surface area contributed by atoms with Crippen molar-refractivity contribution < 1.29 is 29.3 Å². The van der Waals surface area contributed by atoms with Crippen LogP contribution in [0.1, 0.15) is 32.6 Å². The van der Waals surface area contributed by atoms with Crippen LogP contribution in [-0.4, -0.2) is 58.8 Å². The lowest BCUT2D eigenvalue weighted by Crippen LogP contribution is -2.43. The zero-order valence-electron chi connectivity index (χ0n) is 11.6. The summed E-state index contributed by atoms with van der Waals surface area (Å²) in [4.78, 5) is 35.1. The van der Waals surface area contributed by atoms with Crippen LogP contribution in [0, 0.1) is 5.92 Å². The minimum absolute atomic E-state index is 0.0449. The normalized spacial score (nSPS) is 19.6. The van der Waals surface area contributed by atoms with E-state index >= 15 is 0 Å². The van der Waals surface area contributed by atoms with E-state index in [9.17, 15) is 14.4 Å². The van der Waals surface area contributed by atoms with Crippen LogP contribution in [0.2, 0.25) is 0 Å². The minimum Gasteiger partial charge on any atom is -0.481 e. The summed E-state index contributed by atoms with van der Waals surface area (Å²) in [5.41, 5.74) is 0. The van der Waals surface area contributed by atoms with E-state index in [1.165, 1.54) is 11.8 Å². The molecule has 2 atom stereocenters. The maximum atomic E-state index is 12.2. The van der Waals surface area contributed by atoms with Crippen molar-refractivity contribution in [1.29, 1.82) is 0 Å². The third-order valence-electron chi connectivity index (χ3n) is 3.25. The van der Waals surface area contributed by atoms with Crippen LogP contribution in [0.4, 0.5) is 0 Å². The van der Waals surface area contributed by atoms with E-state index in [1.54, 1.807) is 0 Å². The Hall–Kier alpha value is -1.63. The van der Waals surface area contributed by atoms with Gasteiger partial charge in [-0.05, 0) is 19.3 Å². The first kappa shape index (κ1) is 16.4. The number of ether oxygens (including phenoxy) is 1. The second-order valence-corrected chi connectivity index (χ2v) is 5.02. The maximum Gasteiger partial charge on any atom is 0.308 e. The quantitative estimate of drug-likeness (QED) is 0.676. The summed E-state index contributed by atoms with van der Waals surface area (Å²) in [7, 11) is 0. The Morgan fingerprint density at radius 2 is 2.05 bits per heavy atom. The average Bonchev–Trinajstić information content (AvgIpc) is 2.89. The van der Waals surface area contributed by atoms with Gasteiger partial charge < -0.3 is 19.8 Å². The summed E-state index contributed by atoms with van der Waals surface area (Å²) in [5, 5.41) is 17.6. The molecule has 1 aliphatic heterocycles. The van der Waals surface area contributed by atoms with Gasteiger partial charge in [-0.2, -0.15) is 0 Å². The number of nitrogens with zero attached hydrogens (tertiary/aromatic N) is 1. The Balaban J connectivity index is 2.59. The van der Waals surface area contributed by atoms with E-state index in [0.29, 0.717) is 19.4 Å². The Morgan fingerprint density at radius 1 is 1.35 bits per heavy atom. The summed E-state index contributed by atoms with van der Waals surface area (Å²) in [6.45, 7) is 2.37. The molecule has 1 rings (SSSR count). The Morgan fingerprint density at radius 3 is 2.55 bits per heavy atom. The zero-order valence-corrected chi connectivity index (χ0v) is 11.6. The van der Waals surface area contributed by atoms with Gasteiger partial charge in [-0.3, -0.25) is 14.4 Å². The minimum atomic E-state index is -0.978. The monoisotopic (exact) mass is 287 g/mol. The average molecular weight is 287 g/mol. The van der Waals surface area contributed by atoms with E-state index < -0.39 is 24.0 Å². The van der Waals surface area contributed by atoms with Crippen LogP contribution in [0.3, 0.4) is 0 Å². The highest BCUT2D eigenvalue weighted by molar-refractivity contribution is 5.82. The fourth-order valence-corrected chi connectivity index (χ4v) is 2.10. The van der Waals surface area contributed by atoms with Crippen LogP contribution in [0.5, 0.6) is 0 Å². The number of hydrogen-bond acceptors (Lipinski definition) is 4. The Kier molecular flexibility index (Phi) is 6.44. The second-order valence-electron chi connectivity index (χ2n) is 5.02. The van der Waals surface area contributed by atoms with Gasteiger partial charge in [-0.1, -0.05) is 6.92 Å². The molecule has 2 N–H and O–H groups in total. The molecule has 0 aromatic rings. The molecule has 7 nitrogen and oxygen atoms in total. The number of aliphatic carboxylic acids is 2. The molecule has 0 aromatic carbocycles. The molecule has 20 heavy (non-hydrogen) atoms. The number of carbonyl (C=O) groups excluding carboxylic acids is 1. The molecule has 1 saturated heterocycles. The molecule has 2 unspecified atom stereocenters. The molecule has 1 fully saturated rings. The third kappa shape index (κ3) is 5.16. The van der Waals surface area contributed by atoms with Gasteiger partial charge >= 0.3 is 11.9 Å². The molecule has 114 valence electrons. The van der Waals surface area contributed by atoms with Crippen LogP contribution >= 0.6 is 0 Å². The predicted molar refractivity (Wildman–Crippen MR) is 69.2 cm³/mol. The van der Waals surface area contributed by atoms with Gasteiger partial charge in [0.2, 0.25) is 0 Å². The highest BCUT2D eigenvalue weighted by Crippen LogP contribution is 2.16. The van der Waals surface area contributed by atoms with Crippen LogP contribution in [0.15, 0.2) is 0 Å². The van der Waals surface area contributed by atoms with E-state index in [2.05, 4.69) is 0 Å². The number of amides is 1. The first-order valence-corrected chi connectivity index (χ1v) is 6.76. The standard InChI is InChI=1S/C13H21NO6/c1-9(13(18)19)8-14(6-2-5-11(15)16)12(17)10-4-3-7-20-10/h9-10H,2-8H2,1H3,(H,15,16)(H,18,19). The Bertz CT molecular complexity index is 364. The fraction of sp³-hybridized carbons (Fsp3) is 0.769. The smallest absolute Gasteiger partial charge is 0.308 e. The van der Waals surface area contributed by atoms with E-state index in [-0.39, 0.29) is 25.4 Å². The van der Waals surface area contributed by atoms with E-state index in [4.69, 9.17) is 14.9 Å². The van der Waals surface area contributed by atoms with Crippen molar-refractivity contribution >= 4 is 17.8 Å². The van der Waals surface area contributed by atoms with Crippen molar-refractivity contribution in [2.24, 2.45) is 5.92 Å². The SMILES string of the molecule is CC(CN(CCCC(=O)O)C(=O)C1CCCO1)C(=O)O. The van der Waals surface area contributed by atoms with Gasteiger partial charge in [-0.15, -0.1) is 0 Å². The van der Waals surface area contributed by atoms with Crippen molar-refractivity contribution in [3.63, 3.8) is 0 Å². The highest BCUT2D eigenvalue weighted by atomic mass is 16.5.